The highest BCUT2D eigenvalue weighted by atomic mass is 32.2. The molecule has 0 aliphatic carbocycles. The molecule has 4 aromatic carbocycles. The summed E-state index contributed by atoms with van der Waals surface area (Å²) in [5.41, 5.74) is 6.97. The van der Waals surface area contributed by atoms with E-state index in [4.69, 9.17) is 4.74 Å². The van der Waals surface area contributed by atoms with Crippen molar-refractivity contribution in [2.75, 3.05) is 10.9 Å². The third kappa shape index (κ3) is 6.90. The maximum absolute atomic E-state index is 13.7. The van der Waals surface area contributed by atoms with Crippen molar-refractivity contribution >= 4 is 21.6 Å². The molecule has 4 rings (SSSR count). The first-order chi connectivity index (χ1) is 19.0. The van der Waals surface area contributed by atoms with Gasteiger partial charge in [-0.3, -0.25) is 9.10 Å². The van der Waals surface area contributed by atoms with Crippen LogP contribution in [0.4, 0.5) is 5.69 Å². The quantitative estimate of drug-likeness (QED) is 0.240. The molecule has 0 aliphatic rings. The normalized spacial score (nSPS) is 12.0. The standard InChI is InChI=1S/C33H36N2O4S/c1-23-11-17-31(18-12-23)40(37,38)35(21-28-9-7-6-8-10-28)29-13-15-30(16-14-29)39-22-33(36)34-27(5)32-20-25(3)24(2)19-26(32)4/h6-20,27H,21-22H2,1-5H3,(H,34,36)/t27-/m0/s1. The average Bonchev–Trinajstić information content (AvgIpc) is 2.93. The molecule has 1 N–H and O–H groups in total. The highest BCUT2D eigenvalue weighted by Gasteiger charge is 2.25. The van der Waals surface area contributed by atoms with Gasteiger partial charge in [0.05, 0.1) is 23.2 Å². The van der Waals surface area contributed by atoms with Gasteiger partial charge in [0.2, 0.25) is 0 Å². The van der Waals surface area contributed by atoms with Gasteiger partial charge in [-0.2, -0.15) is 0 Å². The Kier molecular flexibility index (Phi) is 8.95. The summed E-state index contributed by atoms with van der Waals surface area (Å²) in [7, 11) is -3.83. The van der Waals surface area contributed by atoms with E-state index in [2.05, 4.69) is 31.3 Å². The number of hydrogen-bond donors (Lipinski definition) is 1. The van der Waals surface area contributed by atoms with Gasteiger partial charge >= 0.3 is 0 Å². The number of carbonyl (C=O) groups is 1. The van der Waals surface area contributed by atoms with Crippen LogP contribution in [0.3, 0.4) is 0 Å². The number of anilines is 1. The highest BCUT2D eigenvalue weighted by molar-refractivity contribution is 7.92. The second-order valence-electron chi connectivity index (χ2n) is 10.2. The molecule has 7 heteroatoms. The number of aryl methyl sites for hydroxylation is 4. The monoisotopic (exact) mass is 556 g/mol. The number of benzene rings is 4. The molecule has 1 atom stereocenters. The van der Waals surface area contributed by atoms with Gasteiger partial charge in [0.1, 0.15) is 5.75 Å². The maximum Gasteiger partial charge on any atom is 0.264 e. The minimum absolute atomic E-state index is 0.150. The number of nitrogens with zero attached hydrogens (tertiary/aromatic N) is 1. The molecular weight excluding hydrogens is 520 g/mol. The fourth-order valence-corrected chi connectivity index (χ4v) is 6.02. The molecule has 0 saturated carbocycles. The lowest BCUT2D eigenvalue weighted by molar-refractivity contribution is -0.123. The number of hydrogen-bond acceptors (Lipinski definition) is 4. The van der Waals surface area contributed by atoms with Crippen LogP contribution in [0.25, 0.3) is 0 Å². The smallest absolute Gasteiger partial charge is 0.264 e. The van der Waals surface area contributed by atoms with Gasteiger partial charge in [0.25, 0.3) is 15.9 Å². The number of amides is 1. The van der Waals surface area contributed by atoms with E-state index in [1.54, 1.807) is 48.5 Å². The highest BCUT2D eigenvalue weighted by Crippen LogP contribution is 2.28. The zero-order chi connectivity index (χ0) is 28.9. The number of rotatable bonds is 10. The number of ether oxygens (including phenoxy) is 1. The number of nitrogens with one attached hydrogen (secondary N) is 1. The molecule has 208 valence electrons. The second-order valence-corrected chi connectivity index (χ2v) is 12.0. The molecule has 0 aromatic heterocycles. The third-order valence-corrected chi connectivity index (χ3v) is 8.79. The summed E-state index contributed by atoms with van der Waals surface area (Å²) in [6.45, 7) is 10.1. The molecule has 0 unspecified atom stereocenters. The largest absolute Gasteiger partial charge is 0.484 e. The van der Waals surface area contributed by atoms with Crippen LogP contribution in [0.5, 0.6) is 5.75 Å². The van der Waals surface area contributed by atoms with E-state index < -0.39 is 10.0 Å². The average molecular weight is 557 g/mol. The van der Waals surface area contributed by atoms with Crippen molar-refractivity contribution < 1.29 is 17.9 Å². The van der Waals surface area contributed by atoms with E-state index in [1.807, 2.05) is 51.1 Å². The van der Waals surface area contributed by atoms with E-state index in [0.29, 0.717) is 11.4 Å². The minimum atomic E-state index is -3.83. The minimum Gasteiger partial charge on any atom is -0.484 e. The van der Waals surface area contributed by atoms with Crippen molar-refractivity contribution in [1.29, 1.82) is 0 Å². The molecule has 0 fully saturated rings. The summed E-state index contributed by atoms with van der Waals surface area (Å²) >= 11 is 0. The van der Waals surface area contributed by atoms with Crippen LogP contribution in [-0.4, -0.2) is 20.9 Å². The fourth-order valence-electron chi connectivity index (χ4n) is 4.57. The molecule has 0 spiro atoms. The third-order valence-electron chi connectivity index (χ3n) is 7.00. The first-order valence-electron chi connectivity index (χ1n) is 13.3. The Morgan fingerprint density at radius 3 is 2.10 bits per heavy atom. The Morgan fingerprint density at radius 2 is 1.45 bits per heavy atom. The Labute approximate surface area is 237 Å². The van der Waals surface area contributed by atoms with Gasteiger partial charge in [-0.05, 0) is 98.8 Å². The Hall–Kier alpha value is -4.10. The van der Waals surface area contributed by atoms with Gasteiger partial charge < -0.3 is 10.1 Å². The predicted molar refractivity (Wildman–Crippen MR) is 160 cm³/mol. The molecule has 4 aromatic rings. The molecule has 0 bridgehead atoms. The summed E-state index contributed by atoms with van der Waals surface area (Å²) in [4.78, 5) is 12.9. The molecule has 6 nitrogen and oxygen atoms in total. The summed E-state index contributed by atoms with van der Waals surface area (Å²) in [6.07, 6.45) is 0. The van der Waals surface area contributed by atoms with Crippen molar-refractivity contribution in [1.82, 2.24) is 5.32 Å². The van der Waals surface area contributed by atoms with Crippen LogP contribution in [0, 0.1) is 27.7 Å². The van der Waals surface area contributed by atoms with Crippen molar-refractivity contribution in [2.24, 2.45) is 0 Å². The SMILES string of the molecule is Cc1ccc(S(=O)(=O)N(Cc2ccccc2)c2ccc(OCC(=O)N[C@@H](C)c3cc(C)c(C)cc3C)cc2)cc1. The zero-order valence-electron chi connectivity index (χ0n) is 23.6. The Bertz CT molecular complexity index is 1570. The molecular formula is C33H36N2O4S. The topological polar surface area (TPSA) is 75.7 Å². The lowest BCUT2D eigenvalue weighted by Gasteiger charge is -2.25. The molecule has 0 radical (unpaired) electrons. The van der Waals surface area contributed by atoms with Crippen molar-refractivity contribution in [3.8, 4) is 5.75 Å². The lowest BCUT2D eigenvalue weighted by atomic mass is 9.96. The van der Waals surface area contributed by atoms with Gasteiger partial charge in [0.15, 0.2) is 6.61 Å². The van der Waals surface area contributed by atoms with Crippen molar-refractivity contribution in [3.05, 3.63) is 124 Å². The Morgan fingerprint density at radius 1 is 0.825 bits per heavy atom. The molecule has 0 heterocycles. The summed E-state index contributed by atoms with van der Waals surface area (Å²) in [5.74, 6) is 0.239. The van der Waals surface area contributed by atoms with E-state index >= 15 is 0 Å². The lowest BCUT2D eigenvalue weighted by Crippen LogP contribution is -2.31. The number of sulfonamides is 1. The van der Waals surface area contributed by atoms with Crippen LogP contribution in [0.1, 0.15) is 46.3 Å². The molecule has 1 amide bonds. The van der Waals surface area contributed by atoms with Crippen LogP contribution < -0.4 is 14.4 Å². The number of carbonyl (C=O) groups excluding carboxylic acids is 1. The molecule has 0 saturated heterocycles. The van der Waals surface area contributed by atoms with E-state index in [9.17, 15) is 13.2 Å². The van der Waals surface area contributed by atoms with E-state index in [1.165, 1.54) is 15.4 Å². The summed E-state index contributed by atoms with van der Waals surface area (Å²) < 4.78 is 34.5. The van der Waals surface area contributed by atoms with Crippen molar-refractivity contribution in [2.45, 2.75) is 52.1 Å². The second kappa shape index (κ2) is 12.4. The van der Waals surface area contributed by atoms with E-state index in [-0.39, 0.29) is 30.0 Å². The first-order valence-corrected chi connectivity index (χ1v) is 14.7. The van der Waals surface area contributed by atoms with Crippen LogP contribution in [-0.2, 0) is 21.4 Å². The van der Waals surface area contributed by atoms with Gasteiger partial charge in [-0.1, -0.05) is 60.2 Å². The van der Waals surface area contributed by atoms with Crippen LogP contribution in [0.2, 0.25) is 0 Å². The van der Waals surface area contributed by atoms with Crippen molar-refractivity contribution in [3.63, 3.8) is 0 Å². The summed E-state index contributed by atoms with van der Waals surface area (Å²) in [6, 6.07) is 27.1. The van der Waals surface area contributed by atoms with Crippen LogP contribution >= 0.6 is 0 Å². The summed E-state index contributed by atoms with van der Waals surface area (Å²) in [5, 5.41) is 3.00. The maximum atomic E-state index is 13.7. The van der Waals surface area contributed by atoms with Crippen LogP contribution in [0.15, 0.2) is 95.9 Å². The zero-order valence-corrected chi connectivity index (χ0v) is 24.5. The molecule has 0 aliphatic heterocycles. The first kappa shape index (κ1) is 28.9. The fraction of sp³-hybridized carbons (Fsp3) is 0.242. The Balaban J connectivity index is 1.47. The van der Waals surface area contributed by atoms with E-state index in [0.717, 1.165) is 22.3 Å². The van der Waals surface area contributed by atoms with Gasteiger partial charge in [-0.15, -0.1) is 0 Å². The predicted octanol–water partition coefficient (Wildman–Crippen LogP) is 6.57. The molecule has 40 heavy (non-hydrogen) atoms. The van der Waals surface area contributed by atoms with Gasteiger partial charge in [-0.25, -0.2) is 8.42 Å². The van der Waals surface area contributed by atoms with Gasteiger partial charge in [0, 0.05) is 0 Å².